The van der Waals surface area contributed by atoms with Crippen LogP contribution in [-0.4, -0.2) is 3.21 Å². The van der Waals surface area contributed by atoms with Gasteiger partial charge in [-0.2, -0.15) is 12.1 Å². The summed E-state index contributed by atoms with van der Waals surface area (Å²) < 4.78 is 1.42. The van der Waals surface area contributed by atoms with Crippen molar-refractivity contribution >= 4 is 60.3 Å². The predicted molar refractivity (Wildman–Crippen MR) is 177 cm³/mol. The van der Waals surface area contributed by atoms with Gasteiger partial charge in [0.15, 0.2) is 0 Å². The van der Waals surface area contributed by atoms with Gasteiger partial charge in [-0.3, -0.25) is 0 Å². The molecule has 7 aromatic carbocycles. The van der Waals surface area contributed by atoms with Crippen LogP contribution < -0.4 is 0 Å². The minimum absolute atomic E-state index is 0. The number of aryl methyl sites for hydroxylation is 2. The van der Waals surface area contributed by atoms with Gasteiger partial charge in [-0.05, 0) is 6.92 Å². The molecular weight excluding hydrogens is 607 g/mol. The Labute approximate surface area is 264 Å². The van der Waals surface area contributed by atoms with Crippen LogP contribution in [0.4, 0.5) is 0 Å². The third kappa shape index (κ3) is 7.35. The molecule has 0 bridgehead atoms. The van der Waals surface area contributed by atoms with Crippen LogP contribution in [0.5, 0.6) is 0 Å². The van der Waals surface area contributed by atoms with Crippen LogP contribution in [0.15, 0.2) is 146 Å². The maximum atomic E-state index is 2.24. The molecule has 0 nitrogen and oxygen atoms in total. The normalized spacial score (nSPS) is 10.0. The van der Waals surface area contributed by atoms with Crippen LogP contribution in [0.1, 0.15) is 22.3 Å². The van der Waals surface area contributed by atoms with Crippen molar-refractivity contribution in [3.8, 4) is 0 Å². The smallest absolute Gasteiger partial charge is 0.0771 e. The first-order valence-electron chi connectivity index (χ1n) is 13.0. The van der Waals surface area contributed by atoms with Crippen molar-refractivity contribution in [2.75, 3.05) is 0 Å². The van der Waals surface area contributed by atoms with E-state index in [0.29, 0.717) is 0 Å². The Bertz CT molecular complexity index is 1670. The van der Waals surface area contributed by atoms with E-state index in [1.54, 1.807) is 0 Å². The fourth-order valence-electron chi connectivity index (χ4n) is 4.82. The Morgan fingerprint density at radius 1 is 0.500 bits per heavy atom. The molecule has 198 valence electrons. The van der Waals surface area contributed by atoms with Crippen LogP contribution >= 0.6 is 24.8 Å². The van der Waals surface area contributed by atoms with Gasteiger partial charge in [0.2, 0.25) is 0 Å². The van der Waals surface area contributed by atoms with Crippen molar-refractivity contribution in [1.29, 1.82) is 0 Å². The fourth-order valence-corrected chi connectivity index (χ4v) is 5.64. The average Bonchev–Trinajstić information content (AvgIpc) is 3.63. The van der Waals surface area contributed by atoms with E-state index in [0.717, 1.165) is 0 Å². The molecular formula is C37H32Cl2Zr. The van der Waals surface area contributed by atoms with Gasteiger partial charge in [-0.1, -0.05) is 55.0 Å². The Kier molecular flexibility index (Phi) is 11.8. The molecule has 0 heterocycles. The first kappa shape index (κ1) is 31.4. The topological polar surface area (TPSA) is 0 Å². The van der Waals surface area contributed by atoms with Gasteiger partial charge >= 0.3 is 99.2 Å². The summed E-state index contributed by atoms with van der Waals surface area (Å²) in [7, 11) is 0. The van der Waals surface area contributed by atoms with Gasteiger partial charge in [0, 0.05) is 0 Å². The molecule has 0 N–H and O–H groups in total. The van der Waals surface area contributed by atoms with Gasteiger partial charge < -0.3 is 0 Å². The average molecular weight is 639 g/mol. The van der Waals surface area contributed by atoms with E-state index in [2.05, 4.69) is 159 Å². The summed E-state index contributed by atoms with van der Waals surface area (Å²) in [6, 6.07) is 51.2. The molecule has 40 heavy (non-hydrogen) atoms. The quantitative estimate of drug-likeness (QED) is 0.165. The summed E-state index contributed by atoms with van der Waals surface area (Å²) in [5.41, 5.74) is 5.40. The van der Waals surface area contributed by atoms with E-state index < -0.39 is 0 Å². The predicted octanol–water partition coefficient (Wildman–Crippen LogP) is 10.5. The van der Waals surface area contributed by atoms with Crippen LogP contribution in [0.2, 0.25) is 0 Å². The molecule has 0 atom stereocenters. The zero-order valence-corrected chi connectivity index (χ0v) is 26.8. The largest absolute Gasteiger partial charge is 0.126 e. The van der Waals surface area contributed by atoms with Gasteiger partial charge in [0.25, 0.3) is 0 Å². The number of fused-ring (bicyclic) bond motifs is 4. The van der Waals surface area contributed by atoms with Gasteiger partial charge in [0.1, 0.15) is 0 Å². The molecule has 0 radical (unpaired) electrons. The molecule has 7 aromatic rings. The Balaban J connectivity index is 0.000000162. The molecule has 0 aliphatic carbocycles. The van der Waals surface area contributed by atoms with Crippen molar-refractivity contribution < 1.29 is 24.2 Å². The Morgan fingerprint density at radius 2 is 0.950 bits per heavy atom. The molecule has 7 rings (SSSR count). The van der Waals surface area contributed by atoms with Gasteiger partial charge in [-0.25, -0.2) is 0 Å². The van der Waals surface area contributed by atoms with E-state index in [4.69, 9.17) is 0 Å². The van der Waals surface area contributed by atoms with Gasteiger partial charge in [-0.15, -0.1) is 93.0 Å². The second-order valence-corrected chi connectivity index (χ2v) is 10.7. The van der Waals surface area contributed by atoms with Crippen LogP contribution in [0, 0.1) is 13.8 Å². The fraction of sp³-hybridized carbons (Fsp3) is 0.0541. The maximum absolute atomic E-state index is 2.24. The molecule has 0 spiro atoms. The van der Waals surface area contributed by atoms with E-state index in [1.807, 2.05) is 0 Å². The molecule has 0 saturated heterocycles. The number of hydrogen-bond donors (Lipinski definition) is 0. The minimum atomic E-state index is 0. The van der Waals surface area contributed by atoms with Crippen molar-refractivity contribution in [1.82, 2.24) is 0 Å². The summed E-state index contributed by atoms with van der Waals surface area (Å²) in [4.78, 5) is 0. The van der Waals surface area contributed by atoms with Crippen LogP contribution in [-0.2, 0) is 24.2 Å². The van der Waals surface area contributed by atoms with Crippen LogP contribution in [0.25, 0.3) is 32.3 Å². The summed E-state index contributed by atoms with van der Waals surface area (Å²) in [6.07, 6.45) is 0. The maximum Gasteiger partial charge on any atom is -0.0771 e. The molecule has 0 fully saturated rings. The zero-order chi connectivity index (χ0) is 26.3. The zero-order valence-electron chi connectivity index (χ0n) is 22.7. The first-order chi connectivity index (χ1) is 18.6. The summed E-state index contributed by atoms with van der Waals surface area (Å²) >= 11 is 1.46. The number of hydrogen-bond acceptors (Lipinski definition) is 0. The standard InChI is InChI=1S/C13H9.C13H10.C11H11.2ClH.Zr/c1-3-7-12-10(5-1)9-11-6-2-4-8-13(11)12;1-3-7-12(8-4-1)11-13-9-5-2-6-10-13;1-8-6-7-9(2)11-5-3-4-10(8)11;;;/h1-9H;1-10H;3-7H,1-2H3;2*1H;/q-1;;-1;;;+2. The van der Waals surface area contributed by atoms with Gasteiger partial charge in [0.05, 0.1) is 0 Å². The molecule has 0 amide bonds. The third-order valence-corrected chi connectivity index (χ3v) is 8.32. The summed E-state index contributed by atoms with van der Waals surface area (Å²) in [6.45, 7) is 4.31. The molecule has 0 unspecified atom stereocenters. The summed E-state index contributed by atoms with van der Waals surface area (Å²) in [5, 5.41) is 8.18. The second-order valence-electron chi connectivity index (χ2n) is 9.48. The van der Waals surface area contributed by atoms with Crippen molar-refractivity contribution in [3.63, 3.8) is 0 Å². The van der Waals surface area contributed by atoms with E-state index in [1.165, 1.54) is 82.0 Å². The Morgan fingerprint density at radius 3 is 1.45 bits per heavy atom. The SMILES string of the molecule is Cc1ccc(C)c2[cH-]ccc12.Cl.Cl.[Zr+2]=[C](c1ccccc1)c1ccccc1.c1ccc2c(c1)[cH-]c1ccccc12. The van der Waals surface area contributed by atoms with Crippen molar-refractivity contribution in [2.24, 2.45) is 0 Å². The minimum Gasteiger partial charge on any atom is -0.126 e. The van der Waals surface area contributed by atoms with Crippen molar-refractivity contribution in [3.05, 3.63) is 168 Å². The summed E-state index contributed by atoms with van der Waals surface area (Å²) in [5.74, 6) is 0. The van der Waals surface area contributed by atoms with E-state index >= 15 is 0 Å². The number of benzene rings is 5. The third-order valence-electron chi connectivity index (χ3n) is 6.90. The van der Waals surface area contributed by atoms with E-state index in [9.17, 15) is 0 Å². The molecule has 0 aliphatic heterocycles. The number of rotatable bonds is 2. The second kappa shape index (κ2) is 15.1. The number of halogens is 2. The first-order valence-corrected chi connectivity index (χ1v) is 14.2. The molecule has 0 aromatic heterocycles. The van der Waals surface area contributed by atoms with E-state index in [-0.39, 0.29) is 24.8 Å². The molecule has 0 saturated carbocycles. The molecule has 3 heteroatoms. The van der Waals surface area contributed by atoms with Crippen molar-refractivity contribution in [2.45, 2.75) is 13.8 Å². The Hall–Kier alpha value is -3.09. The van der Waals surface area contributed by atoms with Crippen LogP contribution in [0.3, 0.4) is 0 Å². The molecule has 0 aliphatic rings. The monoisotopic (exact) mass is 636 g/mol.